The van der Waals surface area contributed by atoms with Crippen LogP contribution in [0.3, 0.4) is 0 Å². The van der Waals surface area contributed by atoms with Crippen LogP contribution in [0.5, 0.6) is 11.5 Å². The first-order chi connectivity index (χ1) is 9.13. The zero-order chi connectivity index (χ0) is 13.4. The summed E-state index contributed by atoms with van der Waals surface area (Å²) in [5.41, 5.74) is 8.06. The van der Waals surface area contributed by atoms with E-state index < -0.39 is 0 Å². The molecule has 0 bridgehead atoms. The number of rotatable bonds is 1. The van der Waals surface area contributed by atoms with Crippen molar-refractivity contribution in [1.29, 1.82) is 0 Å². The zero-order valence-corrected chi connectivity index (χ0v) is 11.7. The van der Waals surface area contributed by atoms with Gasteiger partial charge in [-0.05, 0) is 18.3 Å². The summed E-state index contributed by atoms with van der Waals surface area (Å²) in [7, 11) is 0. The summed E-state index contributed by atoms with van der Waals surface area (Å²) in [6, 6.07) is 3.93. The van der Waals surface area contributed by atoms with Crippen molar-refractivity contribution < 1.29 is 9.47 Å². The smallest absolute Gasteiger partial charge is 0.163 e. The summed E-state index contributed by atoms with van der Waals surface area (Å²) < 4.78 is 11.2. The van der Waals surface area contributed by atoms with Crippen LogP contribution < -0.4 is 20.1 Å². The Bertz CT molecular complexity index is 465. The molecule has 104 valence electrons. The third kappa shape index (κ3) is 2.44. The van der Waals surface area contributed by atoms with Crippen molar-refractivity contribution in [2.24, 2.45) is 11.8 Å². The van der Waals surface area contributed by atoms with Gasteiger partial charge >= 0.3 is 0 Å². The van der Waals surface area contributed by atoms with Gasteiger partial charge in [0.25, 0.3) is 0 Å². The Labute approximate surface area is 114 Å². The summed E-state index contributed by atoms with van der Waals surface area (Å²) in [5, 5.41) is 0. The normalized spacial score (nSPS) is 26.3. The van der Waals surface area contributed by atoms with Crippen LogP contribution in [0.1, 0.15) is 20.3 Å². The number of nitrogens with two attached hydrogens (primary N) is 1. The van der Waals surface area contributed by atoms with Crippen LogP contribution in [0.2, 0.25) is 0 Å². The number of fused-ring (bicyclic) bond motifs is 1. The van der Waals surface area contributed by atoms with Crippen LogP contribution >= 0.6 is 0 Å². The minimum atomic E-state index is 0.601. The second kappa shape index (κ2) is 4.83. The Morgan fingerprint density at radius 2 is 1.63 bits per heavy atom. The van der Waals surface area contributed by atoms with E-state index in [0.717, 1.165) is 36.0 Å². The molecule has 4 nitrogen and oxygen atoms in total. The molecular weight excluding hydrogens is 240 g/mol. The van der Waals surface area contributed by atoms with Gasteiger partial charge in [-0.3, -0.25) is 0 Å². The van der Waals surface area contributed by atoms with E-state index in [0.29, 0.717) is 25.0 Å². The van der Waals surface area contributed by atoms with E-state index in [2.05, 4.69) is 18.7 Å². The van der Waals surface area contributed by atoms with Crippen molar-refractivity contribution >= 4 is 11.4 Å². The highest BCUT2D eigenvalue weighted by Gasteiger charge is 2.25. The highest BCUT2D eigenvalue weighted by Crippen LogP contribution is 2.40. The first-order valence-corrected chi connectivity index (χ1v) is 7.07. The lowest BCUT2D eigenvalue weighted by molar-refractivity contribution is 0.171. The number of hydrogen-bond donors (Lipinski definition) is 1. The lowest BCUT2D eigenvalue weighted by Gasteiger charge is -2.37. The molecule has 0 aromatic heterocycles. The minimum absolute atomic E-state index is 0.601. The Kier molecular flexibility index (Phi) is 3.17. The predicted molar refractivity (Wildman–Crippen MR) is 77.0 cm³/mol. The average molecular weight is 262 g/mol. The Morgan fingerprint density at radius 1 is 1.05 bits per heavy atom. The van der Waals surface area contributed by atoms with Gasteiger partial charge in [0.2, 0.25) is 0 Å². The topological polar surface area (TPSA) is 47.7 Å². The highest BCUT2D eigenvalue weighted by atomic mass is 16.6. The summed E-state index contributed by atoms with van der Waals surface area (Å²) in [4.78, 5) is 2.38. The molecule has 1 saturated heterocycles. The van der Waals surface area contributed by atoms with E-state index in [-0.39, 0.29) is 0 Å². The standard InChI is InChI=1S/C15H22N2O2/c1-10-5-11(2)9-17(8-10)13-7-15-14(6-12(13)16)18-3-4-19-15/h6-7,10-11H,3-5,8-9,16H2,1-2H3. The van der Waals surface area contributed by atoms with Gasteiger partial charge in [0.1, 0.15) is 13.2 Å². The van der Waals surface area contributed by atoms with Gasteiger partial charge in [0.05, 0.1) is 11.4 Å². The first kappa shape index (κ1) is 12.5. The Morgan fingerprint density at radius 3 is 2.26 bits per heavy atom. The van der Waals surface area contributed by atoms with Gasteiger partial charge in [-0.1, -0.05) is 13.8 Å². The maximum Gasteiger partial charge on any atom is 0.163 e. The van der Waals surface area contributed by atoms with E-state index >= 15 is 0 Å². The van der Waals surface area contributed by atoms with Gasteiger partial charge in [-0.2, -0.15) is 0 Å². The van der Waals surface area contributed by atoms with E-state index in [1.807, 2.05) is 12.1 Å². The SMILES string of the molecule is CC1CC(C)CN(c2cc3c(cc2N)OCCO3)C1. The lowest BCUT2D eigenvalue weighted by Crippen LogP contribution is -2.39. The van der Waals surface area contributed by atoms with Crippen molar-refractivity contribution in [3.8, 4) is 11.5 Å². The molecule has 1 fully saturated rings. The predicted octanol–water partition coefficient (Wildman–Crippen LogP) is 2.52. The van der Waals surface area contributed by atoms with Crippen molar-refractivity contribution in [2.45, 2.75) is 20.3 Å². The van der Waals surface area contributed by atoms with Gasteiger partial charge in [0, 0.05) is 25.2 Å². The second-order valence-electron chi connectivity index (χ2n) is 5.91. The number of hydrogen-bond acceptors (Lipinski definition) is 4. The molecule has 0 saturated carbocycles. The van der Waals surface area contributed by atoms with E-state index in [9.17, 15) is 0 Å². The van der Waals surface area contributed by atoms with Crippen molar-refractivity contribution in [1.82, 2.24) is 0 Å². The van der Waals surface area contributed by atoms with Gasteiger partial charge in [0.15, 0.2) is 11.5 Å². The van der Waals surface area contributed by atoms with Gasteiger partial charge < -0.3 is 20.1 Å². The van der Waals surface area contributed by atoms with Crippen LogP contribution in [0.15, 0.2) is 12.1 Å². The summed E-state index contributed by atoms with van der Waals surface area (Å²) in [6.45, 7) is 7.95. The molecular formula is C15H22N2O2. The molecule has 2 N–H and O–H groups in total. The molecule has 1 aromatic rings. The Hall–Kier alpha value is -1.58. The number of anilines is 2. The molecule has 2 aliphatic heterocycles. The van der Waals surface area contributed by atoms with Crippen molar-refractivity contribution in [3.05, 3.63) is 12.1 Å². The number of nitrogen functional groups attached to an aromatic ring is 1. The fourth-order valence-corrected chi connectivity index (χ4v) is 3.23. The van der Waals surface area contributed by atoms with E-state index in [4.69, 9.17) is 15.2 Å². The highest BCUT2D eigenvalue weighted by molar-refractivity contribution is 5.73. The molecule has 2 heterocycles. The molecule has 2 unspecified atom stereocenters. The summed E-state index contributed by atoms with van der Waals surface area (Å²) >= 11 is 0. The molecule has 1 aromatic carbocycles. The maximum atomic E-state index is 6.19. The van der Waals surface area contributed by atoms with Crippen molar-refractivity contribution in [2.75, 3.05) is 36.9 Å². The lowest BCUT2D eigenvalue weighted by atomic mass is 9.91. The molecule has 0 radical (unpaired) electrons. The fourth-order valence-electron chi connectivity index (χ4n) is 3.23. The molecule has 2 aliphatic rings. The van der Waals surface area contributed by atoms with Gasteiger partial charge in [-0.15, -0.1) is 0 Å². The third-order valence-electron chi connectivity index (χ3n) is 3.90. The van der Waals surface area contributed by atoms with Crippen molar-refractivity contribution in [3.63, 3.8) is 0 Å². The van der Waals surface area contributed by atoms with E-state index in [1.165, 1.54) is 6.42 Å². The molecule has 4 heteroatoms. The number of benzene rings is 1. The van der Waals surface area contributed by atoms with Crippen LogP contribution in [0, 0.1) is 11.8 Å². The molecule has 3 rings (SSSR count). The maximum absolute atomic E-state index is 6.19. The van der Waals surface area contributed by atoms with Crippen LogP contribution in [0.4, 0.5) is 11.4 Å². The van der Waals surface area contributed by atoms with Gasteiger partial charge in [-0.25, -0.2) is 0 Å². The molecule has 0 spiro atoms. The first-order valence-electron chi connectivity index (χ1n) is 7.07. The number of ether oxygens (including phenoxy) is 2. The largest absolute Gasteiger partial charge is 0.486 e. The van der Waals surface area contributed by atoms with E-state index in [1.54, 1.807) is 0 Å². The monoisotopic (exact) mass is 262 g/mol. The second-order valence-corrected chi connectivity index (χ2v) is 5.91. The van der Waals surface area contributed by atoms with Crippen LogP contribution in [-0.2, 0) is 0 Å². The molecule has 0 aliphatic carbocycles. The zero-order valence-electron chi connectivity index (χ0n) is 11.7. The summed E-state index contributed by atoms with van der Waals surface area (Å²) in [6.07, 6.45) is 1.29. The quantitative estimate of drug-likeness (QED) is 0.790. The average Bonchev–Trinajstić information content (AvgIpc) is 2.36. The number of nitrogens with zero attached hydrogens (tertiary/aromatic N) is 1. The Balaban J connectivity index is 1.91. The summed E-state index contributed by atoms with van der Waals surface area (Å²) in [5.74, 6) is 3.00. The fraction of sp³-hybridized carbons (Fsp3) is 0.600. The van der Waals surface area contributed by atoms with Crippen LogP contribution in [0.25, 0.3) is 0 Å². The molecule has 19 heavy (non-hydrogen) atoms. The third-order valence-corrected chi connectivity index (χ3v) is 3.90. The molecule has 0 amide bonds. The van der Waals surface area contributed by atoms with Crippen LogP contribution in [-0.4, -0.2) is 26.3 Å². The minimum Gasteiger partial charge on any atom is -0.486 e. The molecule has 2 atom stereocenters. The number of piperidine rings is 1.